The van der Waals surface area contributed by atoms with Crippen LogP contribution in [0, 0.1) is 0 Å². The molecule has 0 amide bonds. The molecule has 0 saturated carbocycles. The van der Waals surface area contributed by atoms with Gasteiger partial charge in [-0.2, -0.15) is 18.3 Å². The summed E-state index contributed by atoms with van der Waals surface area (Å²) in [4.78, 5) is 0. The molecule has 0 bridgehead atoms. The van der Waals surface area contributed by atoms with Crippen LogP contribution in [0.25, 0.3) is 28.1 Å². The molecule has 0 atom stereocenters. The Balaban J connectivity index is 1.86. The highest BCUT2D eigenvalue weighted by Gasteiger charge is 2.30. The zero-order valence-corrected chi connectivity index (χ0v) is 16.9. The Labute approximate surface area is 177 Å². The number of methoxy groups -OCH3 is 2. The lowest BCUT2D eigenvalue weighted by Crippen LogP contribution is -2.05. The summed E-state index contributed by atoms with van der Waals surface area (Å²) in [6.45, 7) is 0. The highest BCUT2D eigenvalue weighted by atomic mass is 19.4. The molecule has 1 heterocycles. The Hall–Kier alpha value is -3.74. The maximum absolute atomic E-state index is 13.1. The van der Waals surface area contributed by atoms with Crippen molar-refractivity contribution in [2.75, 3.05) is 14.2 Å². The highest BCUT2D eigenvalue weighted by Crippen LogP contribution is 2.37. The predicted octanol–water partition coefficient (Wildman–Crippen LogP) is 6.24. The van der Waals surface area contributed by atoms with Crippen molar-refractivity contribution in [3.05, 3.63) is 84.6 Å². The third-order valence-electron chi connectivity index (χ3n) is 4.97. The number of nitrogens with zero attached hydrogens (tertiary/aromatic N) is 2. The molecule has 0 unspecified atom stereocenters. The van der Waals surface area contributed by atoms with Crippen LogP contribution in [0.15, 0.2) is 79.0 Å². The standard InChI is InChI=1S/C24H19F3N2O2/c1-30-20-11-5-16(6-12-20)22-15-28-29(19-9-13-21(31-2)14-10-19)23(22)17-3-7-18(8-4-17)24(25,26)27/h3-15H,1-2H3. The van der Waals surface area contributed by atoms with Gasteiger partial charge in [-0.05, 0) is 54.1 Å². The van der Waals surface area contributed by atoms with Gasteiger partial charge in [-0.25, -0.2) is 4.68 Å². The van der Waals surface area contributed by atoms with Gasteiger partial charge < -0.3 is 9.47 Å². The first-order valence-corrected chi connectivity index (χ1v) is 9.45. The minimum atomic E-state index is -4.40. The van der Waals surface area contributed by atoms with Crippen molar-refractivity contribution in [2.45, 2.75) is 6.18 Å². The predicted molar refractivity (Wildman–Crippen MR) is 113 cm³/mol. The SMILES string of the molecule is COc1ccc(-c2cnn(-c3ccc(OC)cc3)c2-c2ccc(C(F)(F)F)cc2)cc1. The lowest BCUT2D eigenvalue weighted by atomic mass is 10.00. The molecule has 1 aromatic heterocycles. The average Bonchev–Trinajstić information content (AvgIpc) is 3.24. The van der Waals surface area contributed by atoms with Gasteiger partial charge in [0.15, 0.2) is 0 Å². The molecule has 7 heteroatoms. The summed E-state index contributed by atoms with van der Waals surface area (Å²) < 4.78 is 51.3. The lowest BCUT2D eigenvalue weighted by molar-refractivity contribution is -0.137. The number of halogens is 3. The Morgan fingerprint density at radius 1 is 0.710 bits per heavy atom. The smallest absolute Gasteiger partial charge is 0.416 e. The number of rotatable bonds is 5. The van der Waals surface area contributed by atoms with Crippen LogP contribution < -0.4 is 9.47 Å². The van der Waals surface area contributed by atoms with E-state index in [2.05, 4.69) is 5.10 Å². The van der Waals surface area contributed by atoms with Crippen LogP contribution in [0.2, 0.25) is 0 Å². The lowest BCUT2D eigenvalue weighted by Gasteiger charge is -2.13. The number of alkyl halides is 3. The van der Waals surface area contributed by atoms with E-state index in [1.54, 1.807) is 37.2 Å². The van der Waals surface area contributed by atoms with Crippen LogP contribution in [0.3, 0.4) is 0 Å². The van der Waals surface area contributed by atoms with E-state index in [9.17, 15) is 13.2 Å². The topological polar surface area (TPSA) is 36.3 Å². The van der Waals surface area contributed by atoms with Crippen molar-refractivity contribution < 1.29 is 22.6 Å². The van der Waals surface area contributed by atoms with Gasteiger partial charge in [0.2, 0.25) is 0 Å². The first-order valence-electron chi connectivity index (χ1n) is 9.45. The first-order chi connectivity index (χ1) is 14.9. The summed E-state index contributed by atoms with van der Waals surface area (Å²) in [7, 11) is 3.17. The summed E-state index contributed by atoms with van der Waals surface area (Å²) >= 11 is 0. The molecule has 0 saturated heterocycles. The third kappa shape index (κ3) is 4.12. The van der Waals surface area contributed by atoms with E-state index in [4.69, 9.17) is 9.47 Å². The number of hydrogen-bond donors (Lipinski definition) is 0. The largest absolute Gasteiger partial charge is 0.497 e. The summed E-state index contributed by atoms with van der Waals surface area (Å²) in [5.41, 5.74) is 3.03. The second kappa shape index (κ2) is 8.18. The minimum absolute atomic E-state index is 0.618. The fraction of sp³-hybridized carbons (Fsp3) is 0.125. The van der Waals surface area contributed by atoms with Crippen molar-refractivity contribution in [1.29, 1.82) is 0 Å². The zero-order valence-electron chi connectivity index (χ0n) is 16.9. The van der Waals surface area contributed by atoms with Crippen LogP contribution in [-0.2, 0) is 6.18 Å². The molecule has 0 aliphatic rings. The molecule has 31 heavy (non-hydrogen) atoms. The molecular weight excluding hydrogens is 405 g/mol. The highest BCUT2D eigenvalue weighted by molar-refractivity contribution is 5.82. The van der Waals surface area contributed by atoms with Crippen molar-refractivity contribution in [3.8, 4) is 39.6 Å². The molecule has 4 nitrogen and oxygen atoms in total. The Morgan fingerprint density at radius 2 is 1.23 bits per heavy atom. The monoisotopic (exact) mass is 424 g/mol. The summed E-state index contributed by atoms with van der Waals surface area (Å²) in [5.74, 6) is 1.41. The van der Waals surface area contributed by atoms with Crippen LogP contribution >= 0.6 is 0 Å². The van der Waals surface area contributed by atoms with E-state index in [0.717, 1.165) is 28.9 Å². The van der Waals surface area contributed by atoms with Crippen LogP contribution in [0.5, 0.6) is 11.5 Å². The molecular formula is C24H19F3N2O2. The normalized spacial score (nSPS) is 11.4. The van der Waals surface area contributed by atoms with Crippen molar-refractivity contribution >= 4 is 0 Å². The summed E-state index contributed by atoms with van der Waals surface area (Å²) in [6.07, 6.45) is -2.69. The zero-order chi connectivity index (χ0) is 22.0. The van der Waals surface area contributed by atoms with Crippen molar-refractivity contribution in [1.82, 2.24) is 9.78 Å². The van der Waals surface area contributed by atoms with Crippen molar-refractivity contribution in [3.63, 3.8) is 0 Å². The van der Waals surface area contributed by atoms with Gasteiger partial charge in [0, 0.05) is 11.1 Å². The van der Waals surface area contributed by atoms with E-state index in [-0.39, 0.29) is 0 Å². The Bertz CT molecular complexity index is 1100. The minimum Gasteiger partial charge on any atom is -0.497 e. The Morgan fingerprint density at radius 3 is 1.74 bits per heavy atom. The van der Waals surface area contributed by atoms with Gasteiger partial charge in [-0.1, -0.05) is 24.3 Å². The molecule has 0 radical (unpaired) electrons. The Kier molecular flexibility index (Phi) is 5.42. The number of aromatic nitrogens is 2. The molecule has 0 aliphatic carbocycles. The number of ether oxygens (including phenoxy) is 2. The van der Waals surface area contributed by atoms with E-state index < -0.39 is 11.7 Å². The molecule has 0 aliphatic heterocycles. The molecule has 3 aromatic carbocycles. The summed E-state index contributed by atoms with van der Waals surface area (Å²) in [6, 6.07) is 19.8. The number of benzene rings is 3. The maximum Gasteiger partial charge on any atom is 0.416 e. The quantitative estimate of drug-likeness (QED) is 0.380. The van der Waals surface area contributed by atoms with Crippen LogP contribution in [0.4, 0.5) is 13.2 Å². The van der Waals surface area contributed by atoms with E-state index in [1.165, 1.54) is 12.1 Å². The van der Waals surface area contributed by atoms with Gasteiger partial charge in [-0.15, -0.1) is 0 Å². The number of hydrogen-bond acceptors (Lipinski definition) is 3. The fourth-order valence-electron chi connectivity index (χ4n) is 3.34. The van der Waals surface area contributed by atoms with E-state index >= 15 is 0 Å². The molecule has 4 rings (SSSR count). The van der Waals surface area contributed by atoms with Gasteiger partial charge in [0.1, 0.15) is 11.5 Å². The second-order valence-electron chi connectivity index (χ2n) is 6.82. The van der Waals surface area contributed by atoms with Gasteiger partial charge in [-0.3, -0.25) is 0 Å². The molecule has 4 aromatic rings. The summed E-state index contributed by atoms with van der Waals surface area (Å²) in [5, 5.41) is 4.53. The van der Waals surface area contributed by atoms with Gasteiger partial charge >= 0.3 is 6.18 Å². The molecule has 158 valence electrons. The molecule has 0 fully saturated rings. The first kappa shape index (κ1) is 20.5. The van der Waals surface area contributed by atoms with E-state index in [1.807, 2.05) is 36.4 Å². The maximum atomic E-state index is 13.1. The van der Waals surface area contributed by atoms with Crippen LogP contribution in [-0.4, -0.2) is 24.0 Å². The van der Waals surface area contributed by atoms with Gasteiger partial charge in [0.25, 0.3) is 0 Å². The van der Waals surface area contributed by atoms with Crippen molar-refractivity contribution in [2.24, 2.45) is 0 Å². The van der Waals surface area contributed by atoms with E-state index in [0.29, 0.717) is 22.8 Å². The van der Waals surface area contributed by atoms with Gasteiger partial charge in [0.05, 0.1) is 37.4 Å². The molecule has 0 spiro atoms. The fourth-order valence-corrected chi connectivity index (χ4v) is 3.34. The third-order valence-corrected chi connectivity index (χ3v) is 4.97. The van der Waals surface area contributed by atoms with Crippen LogP contribution in [0.1, 0.15) is 5.56 Å². The average molecular weight is 424 g/mol. The molecule has 0 N–H and O–H groups in total. The second-order valence-corrected chi connectivity index (χ2v) is 6.82.